The van der Waals surface area contributed by atoms with Crippen LogP contribution in [0.3, 0.4) is 0 Å². The van der Waals surface area contributed by atoms with E-state index in [1.807, 2.05) is 18.2 Å². The van der Waals surface area contributed by atoms with Crippen LogP contribution in [0.4, 0.5) is 9.52 Å². The zero-order chi connectivity index (χ0) is 23.4. The number of nitrogens with zero attached hydrogens (tertiary/aromatic N) is 2. The molecule has 1 aliphatic rings. The van der Waals surface area contributed by atoms with E-state index >= 15 is 0 Å². The summed E-state index contributed by atoms with van der Waals surface area (Å²) in [6.45, 7) is 1.03. The van der Waals surface area contributed by atoms with Crippen LogP contribution in [0.25, 0.3) is 10.2 Å². The van der Waals surface area contributed by atoms with Gasteiger partial charge in [-0.05, 0) is 55.7 Å². The van der Waals surface area contributed by atoms with E-state index in [-0.39, 0.29) is 35.5 Å². The molecule has 10 heteroatoms. The Morgan fingerprint density at radius 2 is 2.06 bits per heavy atom. The molecule has 7 nitrogen and oxygen atoms in total. The molecule has 0 saturated carbocycles. The van der Waals surface area contributed by atoms with E-state index in [4.69, 9.17) is 9.47 Å². The van der Waals surface area contributed by atoms with Crippen molar-refractivity contribution in [2.24, 2.45) is 0 Å². The zero-order valence-corrected chi connectivity index (χ0v) is 19.8. The number of anilines is 1. The van der Waals surface area contributed by atoms with Crippen LogP contribution in [0.5, 0.6) is 5.75 Å². The molecule has 1 aromatic heterocycles. The number of ether oxygens (including phenoxy) is 2. The average Bonchev–Trinajstić information content (AvgIpc) is 3.47. The molecule has 0 spiro atoms. The van der Waals surface area contributed by atoms with Crippen molar-refractivity contribution < 1.29 is 27.1 Å². The molecular formula is C23H25FN2O5S2. The monoisotopic (exact) mass is 492 g/mol. The second kappa shape index (κ2) is 10.1. The fraction of sp³-hybridized carbons (Fsp3) is 0.391. The summed E-state index contributed by atoms with van der Waals surface area (Å²) in [5.41, 5.74) is 0.684. The van der Waals surface area contributed by atoms with E-state index < -0.39 is 15.7 Å². The summed E-state index contributed by atoms with van der Waals surface area (Å²) in [5, 5.41) is 0.538. The van der Waals surface area contributed by atoms with Gasteiger partial charge in [0.2, 0.25) is 5.91 Å². The number of hydrogen-bond donors (Lipinski definition) is 0. The van der Waals surface area contributed by atoms with Crippen LogP contribution in [0, 0.1) is 5.82 Å². The molecule has 2 aromatic carbocycles. The van der Waals surface area contributed by atoms with Crippen LogP contribution in [0.15, 0.2) is 47.4 Å². The third-order valence-electron chi connectivity index (χ3n) is 5.51. The highest BCUT2D eigenvalue weighted by Crippen LogP contribution is 2.35. The minimum Gasteiger partial charge on any atom is -0.494 e. The smallest absolute Gasteiger partial charge is 0.228 e. The van der Waals surface area contributed by atoms with Crippen LogP contribution < -0.4 is 9.64 Å². The molecule has 33 heavy (non-hydrogen) atoms. The van der Waals surface area contributed by atoms with Gasteiger partial charge in [-0.3, -0.25) is 9.69 Å². The van der Waals surface area contributed by atoms with Gasteiger partial charge < -0.3 is 9.47 Å². The molecule has 4 rings (SSSR count). The quantitative estimate of drug-likeness (QED) is 0.416. The standard InChI is InChI=1S/C23H25FN2O5S2/c1-30-19-6-2-7-20-22(19)25-23(32-20)26(15-17-5-3-13-31-17)21(27)8-4-14-33(28,29)18-11-9-16(24)10-12-18/h2,6-7,9-12,17H,3-5,8,13-15H2,1H3. The number of amides is 1. The lowest BCUT2D eigenvalue weighted by atomic mass is 10.2. The summed E-state index contributed by atoms with van der Waals surface area (Å²) >= 11 is 1.39. The molecular weight excluding hydrogens is 467 g/mol. The number of carbonyl (C=O) groups is 1. The maximum Gasteiger partial charge on any atom is 0.228 e. The van der Waals surface area contributed by atoms with Crippen molar-refractivity contribution >= 4 is 42.4 Å². The minimum atomic E-state index is -3.61. The summed E-state index contributed by atoms with van der Waals surface area (Å²) in [6, 6.07) is 10.3. The van der Waals surface area contributed by atoms with Gasteiger partial charge in [0.05, 0.1) is 35.1 Å². The number of thiazole rings is 1. The Balaban J connectivity index is 1.50. The SMILES string of the molecule is COc1cccc2sc(N(CC3CCCO3)C(=O)CCCS(=O)(=O)c3ccc(F)cc3)nc12. The van der Waals surface area contributed by atoms with E-state index in [0.717, 1.165) is 29.7 Å². The first kappa shape index (κ1) is 23.6. The number of rotatable bonds is 9. The number of benzene rings is 2. The third kappa shape index (κ3) is 5.51. The van der Waals surface area contributed by atoms with Gasteiger partial charge >= 0.3 is 0 Å². The summed E-state index contributed by atoms with van der Waals surface area (Å²) in [5.74, 6) is -0.282. The van der Waals surface area contributed by atoms with E-state index in [2.05, 4.69) is 4.98 Å². The van der Waals surface area contributed by atoms with Crippen molar-refractivity contribution in [1.29, 1.82) is 0 Å². The second-order valence-corrected chi connectivity index (χ2v) is 10.9. The van der Waals surface area contributed by atoms with Gasteiger partial charge in [0.1, 0.15) is 17.1 Å². The number of para-hydroxylation sites is 1. The molecule has 0 aliphatic carbocycles. The third-order valence-corrected chi connectivity index (χ3v) is 8.37. The fourth-order valence-electron chi connectivity index (χ4n) is 3.78. The van der Waals surface area contributed by atoms with Crippen LogP contribution in [0.2, 0.25) is 0 Å². The topological polar surface area (TPSA) is 85.8 Å². The maximum atomic E-state index is 13.2. The molecule has 1 atom stereocenters. The first-order valence-corrected chi connectivity index (χ1v) is 13.2. The molecule has 176 valence electrons. The Morgan fingerprint density at radius 1 is 1.27 bits per heavy atom. The van der Waals surface area contributed by atoms with E-state index in [0.29, 0.717) is 29.5 Å². The number of aromatic nitrogens is 1. The van der Waals surface area contributed by atoms with Gasteiger partial charge in [0.25, 0.3) is 0 Å². The lowest BCUT2D eigenvalue weighted by Crippen LogP contribution is -2.37. The fourth-order valence-corrected chi connectivity index (χ4v) is 6.10. The summed E-state index contributed by atoms with van der Waals surface area (Å²) in [4.78, 5) is 19.5. The molecule has 2 heterocycles. The summed E-state index contributed by atoms with van der Waals surface area (Å²) in [7, 11) is -2.03. The van der Waals surface area contributed by atoms with Crippen molar-refractivity contribution in [3.05, 3.63) is 48.3 Å². The number of fused-ring (bicyclic) bond motifs is 1. The van der Waals surface area contributed by atoms with Crippen LogP contribution in [-0.4, -0.2) is 51.4 Å². The molecule has 3 aromatic rings. The largest absolute Gasteiger partial charge is 0.494 e. The first-order chi connectivity index (χ1) is 15.9. The molecule has 1 amide bonds. The van der Waals surface area contributed by atoms with Crippen LogP contribution in [0.1, 0.15) is 25.7 Å². The second-order valence-electron chi connectivity index (χ2n) is 7.82. The van der Waals surface area contributed by atoms with Gasteiger partial charge in [-0.25, -0.2) is 17.8 Å². The number of hydrogen-bond acceptors (Lipinski definition) is 7. The van der Waals surface area contributed by atoms with Gasteiger partial charge in [0.15, 0.2) is 15.0 Å². The van der Waals surface area contributed by atoms with E-state index in [1.165, 1.54) is 23.5 Å². The minimum absolute atomic E-state index is 0.0419. The number of halogens is 1. The molecule has 0 radical (unpaired) electrons. The van der Waals surface area contributed by atoms with E-state index in [9.17, 15) is 17.6 Å². The number of sulfone groups is 1. The van der Waals surface area contributed by atoms with Crippen molar-refractivity contribution in [3.8, 4) is 5.75 Å². The lowest BCUT2D eigenvalue weighted by molar-refractivity contribution is -0.119. The van der Waals surface area contributed by atoms with Gasteiger partial charge in [-0.1, -0.05) is 17.4 Å². The number of carbonyl (C=O) groups excluding carboxylic acids is 1. The van der Waals surface area contributed by atoms with Gasteiger partial charge in [0, 0.05) is 13.0 Å². The Hall–Kier alpha value is -2.56. The molecule has 1 saturated heterocycles. The van der Waals surface area contributed by atoms with Crippen LogP contribution in [-0.2, 0) is 19.4 Å². The number of methoxy groups -OCH3 is 1. The Kier molecular flexibility index (Phi) is 7.26. The Bertz CT molecular complexity index is 1220. The molecule has 0 bridgehead atoms. The normalized spacial score (nSPS) is 16.2. The highest BCUT2D eigenvalue weighted by molar-refractivity contribution is 7.91. The van der Waals surface area contributed by atoms with Crippen molar-refractivity contribution in [1.82, 2.24) is 4.98 Å². The molecule has 0 N–H and O–H groups in total. The first-order valence-electron chi connectivity index (χ1n) is 10.7. The lowest BCUT2D eigenvalue weighted by Gasteiger charge is -2.23. The van der Waals surface area contributed by atoms with Gasteiger partial charge in [-0.15, -0.1) is 0 Å². The average molecular weight is 493 g/mol. The maximum absolute atomic E-state index is 13.2. The molecule has 1 fully saturated rings. The van der Waals surface area contributed by atoms with Crippen molar-refractivity contribution in [3.63, 3.8) is 0 Å². The highest BCUT2D eigenvalue weighted by Gasteiger charge is 2.27. The zero-order valence-electron chi connectivity index (χ0n) is 18.2. The van der Waals surface area contributed by atoms with Crippen LogP contribution >= 0.6 is 11.3 Å². The Morgan fingerprint density at radius 3 is 2.76 bits per heavy atom. The van der Waals surface area contributed by atoms with Crippen molar-refractivity contribution in [2.75, 3.05) is 30.9 Å². The summed E-state index contributed by atoms with van der Waals surface area (Å²) < 4.78 is 50.2. The van der Waals surface area contributed by atoms with E-state index in [1.54, 1.807) is 12.0 Å². The Labute approximate surface area is 196 Å². The van der Waals surface area contributed by atoms with Crippen molar-refractivity contribution in [2.45, 2.75) is 36.7 Å². The summed E-state index contributed by atoms with van der Waals surface area (Å²) in [6.07, 6.45) is 1.91. The predicted octanol–water partition coefficient (Wildman–Crippen LogP) is 4.21. The predicted molar refractivity (Wildman–Crippen MR) is 125 cm³/mol. The molecule has 1 unspecified atom stereocenters. The molecule has 1 aliphatic heterocycles. The van der Waals surface area contributed by atoms with Gasteiger partial charge in [-0.2, -0.15) is 0 Å². The highest BCUT2D eigenvalue weighted by atomic mass is 32.2.